The Hall–Kier alpha value is -0.220. The van der Waals surface area contributed by atoms with Crippen LogP contribution in [0.5, 0.6) is 0 Å². The van der Waals surface area contributed by atoms with E-state index in [9.17, 15) is 13.9 Å². The molecule has 1 fully saturated rings. The molecule has 11 heavy (non-hydrogen) atoms. The Labute approximate surface area is 64.8 Å². The number of rotatable bonds is 3. The third-order valence-corrected chi connectivity index (χ3v) is 1.87. The molecule has 4 heteroatoms. The van der Waals surface area contributed by atoms with E-state index in [0.29, 0.717) is 19.5 Å². The van der Waals surface area contributed by atoms with Crippen molar-refractivity contribution < 1.29 is 13.9 Å². The van der Waals surface area contributed by atoms with E-state index in [2.05, 4.69) is 0 Å². The second-order valence-electron chi connectivity index (χ2n) is 2.94. The highest BCUT2D eigenvalue weighted by Gasteiger charge is 2.37. The Morgan fingerprint density at radius 3 is 2.64 bits per heavy atom. The van der Waals surface area contributed by atoms with Gasteiger partial charge in [0.2, 0.25) is 0 Å². The largest absolute Gasteiger partial charge is 0.297 e. The van der Waals surface area contributed by atoms with Gasteiger partial charge in [0, 0.05) is 19.5 Å². The highest BCUT2D eigenvalue weighted by molar-refractivity contribution is 4.81. The van der Waals surface area contributed by atoms with E-state index >= 15 is 0 Å². The van der Waals surface area contributed by atoms with Gasteiger partial charge in [-0.25, -0.2) is 13.9 Å². The molecule has 1 rings (SSSR count). The Balaban J connectivity index is 2.20. The van der Waals surface area contributed by atoms with Crippen LogP contribution in [0, 0.1) is 0 Å². The first-order valence-corrected chi connectivity index (χ1v) is 3.82. The summed E-state index contributed by atoms with van der Waals surface area (Å²) in [4.78, 5) is 1.65. The van der Waals surface area contributed by atoms with Crippen molar-refractivity contribution in [3.8, 4) is 0 Å². The fourth-order valence-electron chi connectivity index (χ4n) is 1.29. The quantitative estimate of drug-likeness (QED) is 0.613. The van der Waals surface area contributed by atoms with Crippen molar-refractivity contribution in [2.75, 3.05) is 26.2 Å². The summed E-state index contributed by atoms with van der Waals surface area (Å²) in [5, 5.41) is 10.0. The molecule has 65 valence electrons. The monoisotopic (exact) mass is 164 g/mol. The average Bonchev–Trinajstić information content (AvgIpc) is 2.26. The van der Waals surface area contributed by atoms with Crippen molar-refractivity contribution in [1.29, 1.82) is 0 Å². The molecule has 0 aromatic carbocycles. The van der Waals surface area contributed by atoms with E-state index in [0.717, 1.165) is 0 Å². The average molecular weight is 164 g/mol. The number of nitrogens with zero attached hydrogens (tertiary/aromatic N) is 1. The molecular weight excluding hydrogens is 152 g/mol. The van der Waals surface area contributed by atoms with Crippen LogP contribution in [0.1, 0.15) is 12.8 Å². The number of hydrogen-bond donors (Lipinski definition) is 0. The molecule has 0 aromatic heterocycles. The van der Waals surface area contributed by atoms with Gasteiger partial charge in [0.1, 0.15) is 0 Å². The lowest BCUT2D eigenvalue weighted by Gasteiger charge is -2.13. The van der Waals surface area contributed by atoms with Crippen molar-refractivity contribution in [3.05, 3.63) is 0 Å². The summed E-state index contributed by atoms with van der Waals surface area (Å²) >= 11 is 0. The van der Waals surface area contributed by atoms with Crippen LogP contribution in [0.4, 0.5) is 8.78 Å². The topological polar surface area (TPSA) is 23.1 Å². The summed E-state index contributed by atoms with van der Waals surface area (Å²) in [6.07, 6.45) is 0.432. The minimum absolute atomic E-state index is 0.0497. The maximum atomic E-state index is 12.5. The van der Waals surface area contributed by atoms with E-state index in [1.165, 1.54) is 0 Å². The molecule has 0 aromatic rings. The molecule has 1 aliphatic heterocycles. The molecule has 1 radical (unpaired) electrons. The molecule has 0 unspecified atom stereocenters. The first-order valence-electron chi connectivity index (χ1n) is 3.82. The van der Waals surface area contributed by atoms with Crippen LogP contribution >= 0.6 is 0 Å². The van der Waals surface area contributed by atoms with Gasteiger partial charge in [0.05, 0.1) is 13.2 Å². The highest BCUT2D eigenvalue weighted by atomic mass is 19.3. The fourth-order valence-corrected chi connectivity index (χ4v) is 1.29. The lowest BCUT2D eigenvalue weighted by molar-refractivity contribution is 0.0114. The van der Waals surface area contributed by atoms with Crippen LogP contribution in [0.3, 0.4) is 0 Å². The number of hydrogen-bond acceptors (Lipinski definition) is 1. The molecule has 0 N–H and O–H groups in total. The third kappa shape index (κ3) is 2.71. The number of halogens is 2. The molecule has 0 saturated carbocycles. The van der Waals surface area contributed by atoms with Gasteiger partial charge in [-0.3, -0.25) is 4.90 Å². The van der Waals surface area contributed by atoms with Gasteiger partial charge in [-0.2, -0.15) is 0 Å². The predicted octanol–water partition coefficient (Wildman–Crippen LogP) is 1.15. The summed E-state index contributed by atoms with van der Waals surface area (Å²) in [7, 11) is 0. The first-order chi connectivity index (χ1) is 5.14. The lowest BCUT2D eigenvalue weighted by atomic mass is 10.3. The SMILES string of the molecule is [O]CCCN1CCC(F)(F)C1. The Kier molecular flexibility index (Phi) is 2.78. The predicted molar refractivity (Wildman–Crippen MR) is 36.2 cm³/mol. The van der Waals surface area contributed by atoms with E-state index in [1.54, 1.807) is 4.90 Å². The van der Waals surface area contributed by atoms with Crippen LogP contribution in [-0.4, -0.2) is 37.1 Å². The van der Waals surface area contributed by atoms with Gasteiger partial charge in [-0.1, -0.05) is 0 Å². The van der Waals surface area contributed by atoms with Crippen molar-refractivity contribution in [3.63, 3.8) is 0 Å². The summed E-state index contributed by atoms with van der Waals surface area (Å²) in [6.45, 7) is 0.640. The van der Waals surface area contributed by atoms with Gasteiger partial charge in [0.15, 0.2) is 0 Å². The van der Waals surface area contributed by atoms with Gasteiger partial charge in [0.25, 0.3) is 5.92 Å². The van der Waals surface area contributed by atoms with Gasteiger partial charge in [-0.05, 0) is 6.42 Å². The van der Waals surface area contributed by atoms with Crippen molar-refractivity contribution in [2.24, 2.45) is 0 Å². The number of likely N-dealkylation sites (tertiary alicyclic amines) is 1. The van der Waals surface area contributed by atoms with Crippen molar-refractivity contribution in [1.82, 2.24) is 4.90 Å². The summed E-state index contributed by atoms with van der Waals surface area (Å²) < 4.78 is 25.0. The zero-order valence-electron chi connectivity index (χ0n) is 6.35. The van der Waals surface area contributed by atoms with E-state index in [1.807, 2.05) is 0 Å². The van der Waals surface area contributed by atoms with Gasteiger partial charge < -0.3 is 0 Å². The second kappa shape index (κ2) is 3.45. The molecule has 1 saturated heterocycles. The molecule has 1 aliphatic rings. The fraction of sp³-hybridized carbons (Fsp3) is 1.00. The highest BCUT2D eigenvalue weighted by Crippen LogP contribution is 2.26. The Bertz CT molecular complexity index is 130. The smallest absolute Gasteiger partial charge is 0.261 e. The standard InChI is InChI=1S/C7H12F2NO/c8-7(9)2-4-10(6-7)3-1-5-11/h1-6H2. The van der Waals surface area contributed by atoms with Gasteiger partial charge >= 0.3 is 0 Å². The molecule has 0 aliphatic carbocycles. The van der Waals surface area contributed by atoms with Crippen LogP contribution < -0.4 is 0 Å². The maximum absolute atomic E-state index is 12.5. The molecular formula is C7H12F2NO. The minimum Gasteiger partial charge on any atom is -0.297 e. The van der Waals surface area contributed by atoms with Crippen molar-refractivity contribution in [2.45, 2.75) is 18.8 Å². The zero-order chi connectivity index (χ0) is 8.32. The molecule has 0 spiro atoms. The normalized spacial score (nSPS) is 24.3. The lowest BCUT2D eigenvalue weighted by Crippen LogP contribution is -2.26. The Morgan fingerprint density at radius 1 is 1.45 bits per heavy atom. The molecule has 0 bridgehead atoms. The van der Waals surface area contributed by atoms with Crippen LogP contribution in [0.2, 0.25) is 0 Å². The first kappa shape index (κ1) is 8.87. The summed E-state index contributed by atoms with van der Waals surface area (Å²) in [5.74, 6) is -2.51. The second-order valence-corrected chi connectivity index (χ2v) is 2.94. The molecule has 1 heterocycles. The maximum Gasteiger partial charge on any atom is 0.261 e. The minimum atomic E-state index is -2.51. The third-order valence-electron chi connectivity index (χ3n) is 1.87. The zero-order valence-corrected chi connectivity index (χ0v) is 6.35. The summed E-state index contributed by atoms with van der Waals surface area (Å²) in [6, 6.07) is 0. The van der Waals surface area contributed by atoms with Crippen LogP contribution in [0.25, 0.3) is 0 Å². The molecule has 0 atom stereocenters. The Morgan fingerprint density at radius 2 is 2.18 bits per heavy atom. The molecule has 0 amide bonds. The van der Waals surface area contributed by atoms with Gasteiger partial charge in [-0.15, -0.1) is 0 Å². The van der Waals surface area contributed by atoms with E-state index in [-0.39, 0.29) is 19.6 Å². The summed E-state index contributed by atoms with van der Waals surface area (Å²) in [5.41, 5.74) is 0. The van der Waals surface area contributed by atoms with Crippen molar-refractivity contribution >= 4 is 0 Å². The van der Waals surface area contributed by atoms with Crippen LogP contribution in [0.15, 0.2) is 0 Å². The van der Waals surface area contributed by atoms with E-state index in [4.69, 9.17) is 0 Å². The number of alkyl halides is 2. The van der Waals surface area contributed by atoms with Crippen LogP contribution in [-0.2, 0) is 5.11 Å². The van der Waals surface area contributed by atoms with E-state index < -0.39 is 5.92 Å². The molecule has 2 nitrogen and oxygen atoms in total.